The van der Waals surface area contributed by atoms with Crippen molar-refractivity contribution < 1.29 is 23.9 Å². The Hall–Kier alpha value is -2.57. The van der Waals surface area contributed by atoms with Crippen LogP contribution in [0.3, 0.4) is 0 Å². The number of carbonyl (C=O) groups is 3. The van der Waals surface area contributed by atoms with Gasteiger partial charge in [0.05, 0.1) is 13.0 Å². The van der Waals surface area contributed by atoms with Gasteiger partial charge in [-0.05, 0) is 31.5 Å². The molecule has 0 saturated carbocycles. The van der Waals surface area contributed by atoms with Crippen molar-refractivity contribution in [1.29, 1.82) is 0 Å². The SMILES string of the molecule is CCNC(=O)NC(=O)COC(=O)CCOc1cccc(C)c1. The highest BCUT2D eigenvalue weighted by Crippen LogP contribution is 2.12. The minimum atomic E-state index is -0.682. The number of rotatable bonds is 7. The van der Waals surface area contributed by atoms with E-state index in [0.717, 1.165) is 5.56 Å². The Morgan fingerprint density at radius 1 is 1.23 bits per heavy atom. The second-order valence-corrected chi connectivity index (χ2v) is 4.48. The van der Waals surface area contributed by atoms with Gasteiger partial charge >= 0.3 is 12.0 Å². The van der Waals surface area contributed by atoms with Gasteiger partial charge in [-0.1, -0.05) is 12.1 Å². The van der Waals surface area contributed by atoms with Gasteiger partial charge in [-0.15, -0.1) is 0 Å². The molecule has 0 aliphatic rings. The first kappa shape index (κ1) is 17.5. The van der Waals surface area contributed by atoms with Crippen molar-refractivity contribution in [2.75, 3.05) is 19.8 Å². The van der Waals surface area contributed by atoms with Gasteiger partial charge in [0, 0.05) is 6.54 Å². The van der Waals surface area contributed by atoms with Crippen LogP contribution in [0.1, 0.15) is 18.9 Å². The van der Waals surface area contributed by atoms with Crippen LogP contribution in [0.4, 0.5) is 4.79 Å². The summed E-state index contributed by atoms with van der Waals surface area (Å²) in [4.78, 5) is 33.8. The van der Waals surface area contributed by atoms with Gasteiger partial charge in [-0.2, -0.15) is 0 Å². The summed E-state index contributed by atoms with van der Waals surface area (Å²) in [5.74, 6) is -0.584. The molecule has 0 heterocycles. The highest BCUT2D eigenvalue weighted by atomic mass is 16.5. The molecular weight excluding hydrogens is 288 g/mol. The van der Waals surface area contributed by atoms with Crippen molar-refractivity contribution in [3.05, 3.63) is 29.8 Å². The van der Waals surface area contributed by atoms with Gasteiger partial charge in [-0.25, -0.2) is 4.79 Å². The zero-order valence-electron chi connectivity index (χ0n) is 12.7. The van der Waals surface area contributed by atoms with Crippen LogP contribution in [-0.2, 0) is 14.3 Å². The van der Waals surface area contributed by atoms with E-state index in [-0.39, 0.29) is 13.0 Å². The molecule has 0 radical (unpaired) electrons. The largest absolute Gasteiger partial charge is 0.493 e. The Bertz CT molecular complexity index is 530. The molecule has 0 aliphatic carbocycles. The summed E-state index contributed by atoms with van der Waals surface area (Å²) in [5.41, 5.74) is 1.06. The molecule has 7 nitrogen and oxygen atoms in total. The molecule has 0 fully saturated rings. The third-order valence-corrected chi connectivity index (χ3v) is 2.52. The number of ether oxygens (including phenoxy) is 2. The molecule has 0 saturated heterocycles. The lowest BCUT2D eigenvalue weighted by molar-refractivity contribution is -0.148. The maximum atomic E-state index is 11.4. The molecule has 2 N–H and O–H groups in total. The lowest BCUT2D eigenvalue weighted by Crippen LogP contribution is -2.41. The summed E-state index contributed by atoms with van der Waals surface area (Å²) in [6.07, 6.45) is 0.0162. The molecule has 0 aromatic heterocycles. The first-order valence-electron chi connectivity index (χ1n) is 6.94. The number of benzene rings is 1. The third-order valence-electron chi connectivity index (χ3n) is 2.52. The third kappa shape index (κ3) is 7.28. The fraction of sp³-hybridized carbons (Fsp3) is 0.400. The normalized spacial score (nSPS) is 9.73. The van der Waals surface area contributed by atoms with Crippen molar-refractivity contribution in [2.45, 2.75) is 20.3 Å². The van der Waals surface area contributed by atoms with Crippen molar-refractivity contribution in [2.24, 2.45) is 0 Å². The van der Waals surface area contributed by atoms with Crippen LogP contribution in [0.2, 0.25) is 0 Å². The van der Waals surface area contributed by atoms with Crippen LogP contribution < -0.4 is 15.4 Å². The van der Waals surface area contributed by atoms with Crippen LogP contribution >= 0.6 is 0 Å². The van der Waals surface area contributed by atoms with E-state index < -0.39 is 24.5 Å². The molecular formula is C15H20N2O5. The first-order valence-corrected chi connectivity index (χ1v) is 6.94. The van der Waals surface area contributed by atoms with Crippen LogP contribution in [0.15, 0.2) is 24.3 Å². The number of hydrogen-bond donors (Lipinski definition) is 2. The maximum absolute atomic E-state index is 11.4. The number of hydrogen-bond acceptors (Lipinski definition) is 5. The van der Waals surface area contributed by atoms with Gasteiger partial charge in [-0.3, -0.25) is 14.9 Å². The average molecular weight is 308 g/mol. The number of aryl methyl sites for hydroxylation is 1. The second-order valence-electron chi connectivity index (χ2n) is 4.48. The first-order chi connectivity index (χ1) is 10.5. The van der Waals surface area contributed by atoms with Gasteiger partial charge in [0.15, 0.2) is 6.61 Å². The van der Waals surface area contributed by atoms with E-state index >= 15 is 0 Å². The monoisotopic (exact) mass is 308 g/mol. The highest BCUT2D eigenvalue weighted by molar-refractivity contribution is 5.95. The summed E-state index contributed by atoms with van der Waals surface area (Å²) >= 11 is 0. The van der Waals surface area contributed by atoms with Gasteiger partial charge < -0.3 is 14.8 Å². The second kappa shape index (κ2) is 9.38. The lowest BCUT2D eigenvalue weighted by Gasteiger charge is -2.08. The van der Waals surface area contributed by atoms with E-state index in [1.165, 1.54) is 0 Å². The Labute approximate surface area is 129 Å². The highest BCUT2D eigenvalue weighted by Gasteiger charge is 2.10. The zero-order valence-corrected chi connectivity index (χ0v) is 12.7. The molecule has 120 valence electrons. The zero-order chi connectivity index (χ0) is 16.4. The van der Waals surface area contributed by atoms with Crippen molar-refractivity contribution in [3.63, 3.8) is 0 Å². The van der Waals surface area contributed by atoms with E-state index in [4.69, 9.17) is 9.47 Å². The molecule has 1 rings (SSSR count). The number of imide groups is 1. The smallest absolute Gasteiger partial charge is 0.321 e. The van der Waals surface area contributed by atoms with Crippen molar-refractivity contribution in [3.8, 4) is 5.75 Å². The predicted octanol–water partition coefficient (Wildman–Crippen LogP) is 1.15. The number of carbonyl (C=O) groups excluding carboxylic acids is 3. The maximum Gasteiger partial charge on any atom is 0.321 e. The number of urea groups is 1. The van der Waals surface area contributed by atoms with Gasteiger partial charge in [0.2, 0.25) is 0 Å². The van der Waals surface area contributed by atoms with Crippen LogP contribution in [0.5, 0.6) is 5.75 Å². The Kier molecular flexibility index (Phi) is 7.45. The van der Waals surface area contributed by atoms with E-state index in [1.54, 1.807) is 13.0 Å². The molecule has 1 aromatic rings. The number of amides is 3. The van der Waals surface area contributed by atoms with E-state index in [2.05, 4.69) is 5.32 Å². The van der Waals surface area contributed by atoms with E-state index in [1.807, 2.05) is 30.4 Å². The summed E-state index contributed by atoms with van der Waals surface area (Å²) in [7, 11) is 0. The van der Waals surface area contributed by atoms with Crippen molar-refractivity contribution in [1.82, 2.24) is 10.6 Å². The summed E-state index contributed by atoms with van der Waals surface area (Å²) < 4.78 is 10.1. The number of esters is 1. The fourth-order valence-corrected chi connectivity index (χ4v) is 1.54. The van der Waals surface area contributed by atoms with Gasteiger partial charge in [0.1, 0.15) is 5.75 Å². The molecule has 0 aliphatic heterocycles. The van der Waals surface area contributed by atoms with E-state index in [9.17, 15) is 14.4 Å². The minimum Gasteiger partial charge on any atom is -0.493 e. The molecule has 1 aromatic carbocycles. The average Bonchev–Trinajstić information content (AvgIpc) is 2.45. The van der Waals surface area contributed by atoms with E-state index in [0.29, 0.717) is 12.3 Å². The van der Waals surface area contributed by atoms with Crippen molar-refractivity contribution >= 4 is 17.9 Å². The van der Waals surface area contributed by atoms with Gasteiger partial charge in [0.25, 0.3) is 5.91 Å². The quantitative estimate of drug-likeness (QED) is 0.737. The molecule has 0 atom stereocenters. The molecule has 0 spiro atoms. The molecule has 3 amide bonds. The molecule has 0 bridgehead atoms. The number of nitrogens with one attached hydrogen (secondary N) is 2. The summed E-state index contributed by atoms with van der Waals surface area (Å²) in [6, 6.07) is 6.82. The molecule has 0 unspecified atom stereocenters. The Morgan fingerprint density at radius 2 is 2.00 bits per heavy atom. The Morgan fingerprint density at radius 3 is 2.68 bits per heavy atom. The Balaban J connectivity index is 2.18. The fourth-order valence-electron chi connectivity index (χ4n) is 1.54. The summed E-state index contributed by atoms with van der Waals surface area (Å²) in [5, 5.41) is 4.42. The topological polar surface area (TPSA) is 93.7 Å². The minimum absolute atomic E-state index is 0.0162. The summed E-state index contributed by atoms with van der Waals surface area (Å²) in [6.45, 7) is 3.71. The lowest BCUT2D eigenvalue weighted by atomic mass is 10.2. The molecule has 22 heavy (non-hydrogen) atoms. The molecule has 7 heteroatoms. The predicted molar refractivity (Wildman–Crippen MR) is 79.5 cm³/mol. The standard InChI is InChI=1S/C15H20N2O5/c1-3-16-15(20)17-13(18)10-22-14(19)7-8-21-12-6-4-5-11(2)9-12/h4-6,9H,3,7-8,10H2,1-2H3,(H2,16,17,18,20). The van der Waals surface area contributed by atoms with Crippen LogP contribution in [0.25, 0.3) is 0 Å². The van der Waals surface area contributed by atoms with Crippen LogP contribution in [0, 0.1) is 6.92 Å². The van der Waals surface area contributed by atoms with Crippen LogP contribution in [-0.4, -0.2) is 37.7 Å².